The topological polar surface area (TPSA) is 125 Å². The van der Waals surface area contributed by atoms with Crippen LogP contribution in [0.15, 0.2) is 65.8 Å². The highest BCUT2D eigenvalue weighted by Gasteiger charge is 2.64. The number of aryl methyl sites for hydroxylation is 1. The number of carbonyl (C=O) groups excluding carboxylic acids is 3. The van der Waals surface area contributed by atoms with Crippen molar-refractivity contribution < 1.29 is 19.3 Å². The number of amides is 3. The van der Waals surface area contributed by atoms with Crippen molar-refractivity contribution in [3.8, 4) is 0 Å². The van der Waals surface area contributed by atoms with Gasteiger partial charge in [-0.2, -0.15) is 5.10 Å². The molecule has 2 aromatic rings. The van der Waals surface area contributed by atoms with Gasteiger partial charge in [0.1, 0.15) is 6.04 Å². The van der Waals surface area contributed by atoms with Crippen LogP contribution in [-0.4, -0.2) is 46.0 Å². The number of benzene rings is 2. The maximum atomic E-state index is 13.6. The number of para-hydroxylation sites is 1. The van der Waals surface area contributed by atoms with Crippen LogP contribution in [0, 0.1) is 28.9 Å². The summed E-state index contributed by atoms with van der Waals surface area (Å²) in [6, 6.07) is 11.3. The molecule has 3 amide bonds. The van der Waals surface area contributed by atoms with Crippen molar-refractivity contribution in [2.75, 3.05) is 10.2 Å². The Labute approximate surface area is 188 Å². The van der Waals surface area contributed by atoms with E-state index in [1.807, 2.05) is 6.07 Å². The van der Waals surface area contributed by atoms with Gasteiger partial charge in [0.05, 0.1) is 28.5 Å². The van der Waals surface area contributed by atoms with Crippen LogP contribution in [0.5, 0.6) is 0 Å². The first kappa shape index (κ1) is 20.6. The molecule has 0 aromatic heterocycles. The van der Waals surface area contributed by atoms with Gasteiger partial charge >= 0.3 is 0 Å². The van der Waals surface area contributed by atoms with E-state index >= 15 is 0 Å². The van der Waals surface area contributed by atoms with Crippen molar-refractivity contribution in [3.63, 3.8) is 0 Å². The number of fused-ring (bicyclic) bond motifs is 3. The van der Waals surface area contributed by atoms with Crippen molar-refractivity contribution in [1.29, 1.82) is 0 Å². The number of nitrogens with one attached hydrogen (secondary N) is 1. The lowest BCUT2D eigenvalue weighted by molar-refractivity contribution is -0.384. The van der Waals surface area contributed by atoms with E-state index in [0.717, 1.165) is 4.90 Å². The minimum atomic E-state index is -0.985. The van der Waals surface area contributed by atoms with Gasteiger partial charge in [-0.25, -0.2) is 4.90 Å². The lowest BCUT2D eigenvalue weighted by Gasteiger charge is -2.30. The number of carbonyl (C=O) groups is 3. The molecule has 2 aromatic carbocycles. The van der Waals surface area contributed by atoms with Gasteiger partial charge in [0, 0.05) is 24.0 Å². The van der Waals surface area contributed by atoms with Gasteiger partial charge in [0.2, 0.25) is 17.7 Å². The number of hydrogen-bond donors (Lipinski definition) is 1. The Bertz CT molecular complexity index is 1240. The van der Waals surface area contributed by atoms with E-state index in [1.165, 1.54) is 29.4 Å². The zero-order valence-electron chi connectivity index (χ0n) is 17.5. The number of imide groups is 1. The zero-order chi connectivity index (χ0) is 23.3. The van der Waals surface area contributed by atoms with Crippen LogP contribution in [0.1, 0.15) is 5.56 Å². The van der Waals surface area contributed by atoms with Crippen LogP contribution in [0.25, 0.3) is 0 Å². The highest BCUT2D eigenvalue weighted by atomic mass is 16.6. The number of allylic oxidation sites excluding steroid dienone is 1. The minimum absolute atomic E-state index is 0.133. The van der Waals surface area contributed by atoms with Crippen molar-refractivity contribution in [3.05, 3.63) is 76.4 Å². The molecule has 0 saturated carbocycles. The normalized spacial score (nSPS) is 25.2. The van der Waals surface area contributed by atoms with Crippen LogP contribution in [0.3, 0.4) is 0 Å². The molecule has 2 saturated heterocycles. The monoisotopic (exact) mass is 445 g/mol. The minimum Gasteiger partial charge on any atom is -0.324 e. The molecule has 33 heavy (non-hydrogen) atoms. The second-order valence-electron chi connectivity index (χ2n) is 8.11. The Morgan fingerprint density at radius 1 is 1.09 bits per heavy atom. The first-order valence-electron chi connectivity index (χ1n) is 10.4. The molecule has 0 unspecified atom stereocenters. The second-order valence-corrected chi connectivity index (χ2v) is 8.11. The molecular weight excluding hydrogens is 426 g/mol. The highest BCUT2D eigenvalue weighted by molar-refractivity contribution is 6.24. The molecule has 4 atom stereocenters. The van der Waals surface area contributed by atoms with Crippen LogP contribution in [0.4, 0.5) is 17.1 Å². The Morgan fingerprint density at radius 2 is 1.82 bits per heavy atom. The first-order chi connectivity index (χ1) is 15.9. The van der Waals surface area contributed by atoms with E-state index < -0.39 is 46.6 Å². The first-order valence-corrected chi connectivity index (χ1v) is 10.4. The molecule has 3 heterocycles. The fraction of sp³-hybridized carbons (Fsp3) is 0.217. The molecule has 0 bridgehead atoms. The molecule has 2 fully saturated rings. The SMILES string of the molecule is Cc1cc([N+](=O)[O-])ccc1N1C(=O)[C@@H]2[C@H](C1=O)[C@H]1C=CC=NN1[C@@H]2C(=O)Nc1ccccc1. The van der Waals surface area contributed by atoms with Gasteiger partial charge < -0.3 is 5.32 Å². The van der Waals surface area contributed by atoms with E-state index in [9.17, 15) is 24.5 Å². The summed E-state index contributed by atoms with van der Waals surface area (Å²) in [4.78, 5) is 51.9. The molecular formula is C23H19N5O5. The number of anilines is 2. The van der Waals surface area contributed by atoms with Crippen LogP contribution >= 0.6 is 0 Å². The third kappa shape index (κ3) is 3.18. The summed E-state index contributed by atoms with van der Waals surface area (Å²) < 4.78 is 0. The maximum Gasteiger partial charge on any atom is 0.269 e. The van der Waals surface area contributed by atoms with Crippen LogP contribution in [0.2, 0.25) is 0 Å². The number of nitro benzene ring substituents is 1. The molecule has 0 aliphatic carbocycles. The average Bonchev–Trinajstić information content (AvgIpc) is 3.27. The van der Waals surface area contributed by atoms with Crippen molar-refractivity contribution in [2.45, 2.75) is 19.0 Å². The van der Waals surface area contributed by atoms with E-state index in [-0.39, 0.29) is 11.4 Å². The van der Waals surface area contributed by atoms with Gasteiger partial charge in [-0.3, -0.25) is 29.5 Å². The maximum absolute atomic E-state index is 13.6. The molecule has 166 valence electrons. The summed E-state index contributed by atoms with van der Waals surface area (Å²) in [5.41, 5.74) is 1.14. The molecule has 0 radical (unpaired) electrons. The van der Waals surface area contributed by atoms with E-state index in [1.54, 1.807) is 43.3 Å². The summed E-state index contributed by atoms with van der Waals surface area (Å²) in [6.45, 7) is 1.60. The van der Waals surface area contributed by atoms with Gasteiger partial charge in [-0.05, 0) is 36.8 Å². The summed E-state index contributed by atoms with van der Waals surface area (Å²) in [6.07, 6.45) is 4.97. The zero-order valence-corrected chi connectivity index (χ0v) is 17.5. The van der Waals surface area contributed by atoms with Crippen molar-refractivity contribution in [1.82, 2.24) is 5.01 Å². The smallest absolute Gasteiger partial charge is 0.269 e. The number of rotatable bonds is 4. The largest absolute Gasteiger partial charge is 0.324 e. The Morgan fingerprint density at radius 3 is 2.52 bits per heavy atom. The van der Waals surface area contributed by atoms with E-state index in [4.69, 9.17) is 0 Å². The standard InChI is InChI=1S/C23H19N5O5/c1-13-12-15(28(32)33)9-10-16(13)26-22(30)18-17-8-5-11-24-27(17)20(19(18)23(26)31)21(29)25-14-6-3-2-4-7-14/h2-12,17-20H,1H3,(H,25,29)/t17-,18-,19-,20+/m1/s1. The number of hydrogen-bond acceptors (Lipinski definition) is 7. The van der Waals surface area contributed by atoms with Crippen LogP contribution < -0.4 is 10.2 Å². The molecule has 10 nitrogen and oxygen atoms in total. The molecule has 10 heteroatoms. The van der Waals surface area contributed by atoms with Crippen molar-refractivity contribution >= 4 is 41.0 Å². The molecule has 3 aliphatic rings. The third-order valence-corrected chi connectivity index (χ3v) is 6.23. The molecule has 0 spiro atoms. The van der Waals surface area contributed by atoms with Gasteiger partial charge in [-0.15, -0.1) is 0 Å². The third-order valence-electron chi connectivity index (χ3n) is 6.23. The van der Waals surface area contributed by atoms with Crippen LogP contribution in [-0.2, 0) is 14.4 Å². The summed E-state index contributed by atoms with van der Waals surface area (Å²) in [5.74, 6) is -3.15. The fourth-order valence-electron chi connectivity index (χ4n) is 4.82. The lowest BCUT2D eigenvalue weighted by Crippen LogP contribution is -2.47. The average molecular weight is 445 g/mol. The van der Waals surface area contributed by atoms with Gasteiger partial charge in [0.15, 0.2) is 0 Å². The van der Waals surface area contributed by atoms with E-state index in [0.29, 0.717) is 11.3 Å². The summed E-state index contributed by atoms with van der Waals surface area (Å²) in [5, 5.41) is 19.7. The highest BCUT2D eigenvalue weighted by Crippen LogP contribution is 2.46. The molecule has 3 aliphatic heterocycles. The molecule has 5 rings (SSSR count). The van der Waals surface area contributed by atoms with Gasteiger partial charge in [0.25, 0.3) is 5.69 Å². The summed E-state index contributed by atoms with van der Waals surface area (Å²) >= 11 is 0. The lowest BCUT2D eigenvalue weighted by atomic mass is 9.88. The fourth-order valence-corrected chi connectivity index (χ4v) is 4.82. The number of nitrogens with zero attached hydrogens (tertiary/aromatic N) is 4. The van der Waals surface area contributed by atoms with E-state index in [2.05, 4.69) is 10.4 Å². The van der Waals surface area contributed by atoms with Crippen molar-refractivity contribution in [2.24, 2.45) is 16.9 Å². The predicted octanol–water partition coefficient (Wildman–Crippen LogP) is 2.26. The molecule has 1 N–H and O–H groups in total. The number of non-ortho nitro benzene ring substituents is 1. The Balaban J connectivity index is 1.52. The number of nitro groups is 1. The predicted molar refractivity (Wildman–Crippen MR) is 119 cm³/mol. The number of hydrazone groups is 1. The van der Waals surface area contributed by atoms with Gasteiger partial charge in [-0.1, -0.05) is 24.3 Å². The Hall–Kier alpha value is -4.34. The quantitative estimate of drug-likeness (QED) is 0.437. The Kier molecular flexibility index (Phi) is 4.77. The second kappa shape index (κ2) is 7.66. The summed E-state index contributed by atoms with van der Waals surface area (Å²) in [7, 11) is 0.